The van der Waals surface area contributed by atoms with Gasteiger partial charge in [0.25, 0.3) is 0 Å². The van der Waals surface area contributed by atoms with Gasteiger partial charge in [0.2, 0.25) is 11.8 Å². The number of anilines is 2. The molecular weight excluding hydrogens is 272 g/mol. The van der Waals surface area contributed by atoms with Crippen molar-refractivity contribution in [2.45, 2.75) is 6.42 Å². The third-order valence-electron chi connectivity index (χ3n) is 2.85. The molecule has 3 rings (SSSR count). The molecule has 1 aromatic rings. The van der Waals surface area contributed by atoms with E-state index < -0.39 is 0 Å². The molecule has 110 valence electrons. The average Bonchev–Trinajstić information content (AvgIpc) is 3.02. The third kappa shape index (κ3) is 4.34. The summed E-state index contributed by atoms with van der Waals surface area (Å²) in [5.41, 5.74) is 8.08. The van der Waals surface area contributed by atoms with Crippen LogP contribution in [0.5, 0.6) is 0 Å². The Morgan fingerprint density at radius 1 is 1.05 bits per heavy atom. The van der Waals surface area contributed by atoms with Crippen LogP contribution in [0.25, 0.3) is 0 Å². The van der Waals surface area contributed by atoms with Gasteiger partial charge in [-0.1, -0.05) is 12.1 Å². The van der Waals surface area contributed by atoms with Crippen molar-refractivity contribution in [2.24, 2.45) is 0 Å². The Morgan fingerprint density at radius 3 is 2.29 bits per heavy atom. The van der Waals surface area contributed by atoms with Gasteiger partial charge in [-0.25, -0.2) is 0 Å². The number of carbonyl (C=O) groups is 3. The number of hydrogen-bond acceptors (Lipinski definition) is 5. The van der Waals surface area contributed by atoms with Crippen molar-refractivity contribution in [3.05, 3.63) is 36.0 Å². The van der Waals surface area contributed by atoms with E-state index in [1.54, 1.807) is 0 Å². The number of benzene rings is 1. The van der Waals surface area contributed by atoms with Crippen LogP contribution in [-0.4, -0.2) is 30.7 Å². The van der Waals surface area contributed by atoms with Gasteiger partial charge in [-0.15, -0.1) is 0 Å². The fourth-order valence-electron chi connectivity index (χ4n) is 1.81. The highest BCUT2D eigenvalue weighted by molar-refractivity contribution is 6.05. The second kappa shape index (κ2) is 6.56. The van der Waals surface area contributed by atoms with Crippen LogP contribution in [0, 0.1) is 0 Å². The maximum Gasteiger partial charge on any atom is 0.246 e. The lowest BCUT2D eigenvalue weighted by Crippen LogP contribution is -2.16. The van der Waals surface area contributed by atoms with Crippen LogP contribution in [0.3, 0.4) is 0 Å². The molecule has 0 aliphatic carbocycles. The number of hydrogen-bond donors (Lipinski definition) is 4. The van der Waals surface area contributed by atoms with Crippen LogP contribution >= 0.6 is 0 Å². The molecule has 1 saturated heterocycles. The smallest absolute Gasteiger partial charge is 0.246 e. The number of para-hydroxylation sites is 2. The van der Waals surface area contributed by atoms with Crippen molar-refractivity contribution in [1.29, 1.82) is 0 Å². The molecule has 0 aromatic heterocycles. The third-order valence-corrected chi connectivity index (χ3v) is 2.85. The van der Waals surface area contributed by atoms with Gasteiger partial charge in [-0.05, 0) is 12.1 Å². The van der Waals surface area contributed by atoms with E-state index >= 15 is 0 Å². The van der Waals surface area contributed by atoms with E-state index in [0.717, 1.165) is 11.4 Å². The number of amides is 2. The Morgan fingerprint density at radius 2 is 1.81 bits per heavy atom. The van der Waals surface area contributed by atoms with E-state index in [1.165, 1.54) is 6.08 Å². The molecule has 5 N–H and O–H groups in total. The number of ketones is 1. The zero-order valence-electron chi connectivity index (χ0n) is 11.3. The molecule has 2 aliphatic rings. The monoisotopic (exact) mass is 288 g/mol. The van der Waals surface area contributed by atoms with Crippen molar-refractivity contribution in [2.75, 3.05) is 24.1 Å². The van der Waals surface area contributed by atoms with Crippen LogP contribution in [-0.2, 0) is 14.4 Å². The lowest BCUT2D eigenvalue weighted by Gasteiger charge is -2.08. The molecule has 0 spiro atoms. The summed E-state index contributed by atoms with van der Waals surface area (Å²) in [6.07, 6.45) is 1.62. The highest BCUT2D eigenvalue weighted by Gasteiger charge is 2.16. The van der Waals surface area contributed by atoms with Gasteiger partial charge in [0, 0.05) is 11.8 Å². The van der Waals surface area contributed by atoms with E-state index in [2.05, 4.69) is 16.0 Å². The van der Waals surface area contributed by atoms with Crippen molar-refractivity contribution >= 4 is 29.0 Å². The molecule has 0 saturated carbocycles. The summed E-state index contributed by atoms with van der Waals surface area (Å²) in [6, 6.07) is 7.45. The zero-order valence-corrected chi connectivity index (χ0v) is 11.3. The Kier molecular flexibility index (Phi) is 4.55. The first-order valence-electron chi connectivity index (χ1n) is 6.43. The van der Waals surface area contributed by atoms with Crippen LogP contribution in [0.15, 0.2) is 36.0 Å². The lowest BCUT2D eigenvalue weighted by molar-refractivity contribution is -0.122. The number of rotatable bonds is 2. The van der Waals surface area contributed by atoms with Crippen LogP contribution in [0.2, 0.25) is 0 Å². The normalized spacial score (nSPS) is 16.6. The SMILES string of the molecule is Nc1ccccc1NC1=CC(=O)NC1.O=C1CNC(=O)C1. The van der Waals surface area contributed by atoms with E-state index in [4.69, 9.17) is 5.73 Å². The largest absolute Gasteiger partial charge is 0.397 e. The Hall–Kier alpha value is -2.83. The van der Waals surface area contributed by atoms with E-state index in [-0.39, 0.29) is 30.6 Å². The number of nitrogens with two attached hydrogens (primary N) is 1. The maximum absolute atomic E-state index is 10.9. The van der Waals surface area contributed by atoms with E-state index in [1.807, 2.05) is 24.3 Å². The molecule has 2 amide bonds. The van der Waals surface area contributed by atoms with Crippen molar-refractivity contribution < 1.29 is 14.4 Å². The summed E-state index contributed by atoms with van der Waals surface area (Å²) < 4.78 is 0. The highest BCUT2D eigenvalue weighted by Crippen LogP contribution is 2.19. The number of carbonyl (C=O) groups excluding carboxylic acids is 3. The number of nitrogen functional groups attached to an aromatic ring is 1. The van der Waals surface area contributed by atoms with Crippen molar-refractivity contribution in [1.82, 2.24) is 10.6 Å². The number of Topliss-reactive ketones (excluding diaryl/α,β-unsaturated/α-hetero) is 1. The maximum atomic E-state index is 10.9. The van der Waals surface area contributed by atoms with Crippen LogP contribution in [0.4, 0.5) is 11.4 Å². The van der Waals surface area contributed by atoms with Gasteiger partial charge in [0.1, 0.15) is 0 Å². The standard InChI is InChI=1S/C10H11N3O.C4H5NO2/c11-8-3-1-2-4-9(8)13-7-5-10(14)12-6-7;6-3-1-4(7)5-2-3/h1-5,13H,6,11H2,(H,12,14);1-2H2,(H,5,7). The summed E-state index contributed by atoms with van der Waals surface area (Å²) >= 11 is 0. The molecule has 2 aliphatic heterocycles. The molecule has 7 heteroatoms. The van der Waals surface area contributed by atoms with Gasteiger partial charge >= 0.3 is 0 Å². The summed E-state index contributed by atoms with van der Waals surface area (Å²) in [5.74, 6) is -0.225. The predicted octanol–water partition coefficient (Wildman–Crippen LogP) is -0.230. The first-order valence-corrected chi connectivity index (χ1v) is 6.43. The van der Waals surface area contributed by atoms with Crippen LogP contribution in [0.1, 0.15) is 6.42 Å². The molecule has 7 nitrogen and oxygen atoms in total. The second-order valence-corrected chi connectivity index (χ2v) is 4.59. The molecule has 0 radical (unpaired) electrons. The summed E-state index contributed by atoms with van der Waals surface area (Å²) in [6.45, 7) is 0.770. The van der Waals surface area contributed by atoms with Gasteiger partial charge < -0.3 is 21.7 Å². The molecule has 0 bridgehead atoms. The average molecular weight is 288 g/mol. The lowest BCUT2D eigenvalue weighted by atomic mass is 10.2. The first kappa shape index (κ1) is 14.6. The van der Waals surface area contributed by atoms with Crippen molar-refractivity contribution in [3.8, 4) is 0 Å². The van der Waals surface area contributed by atoms with Gasteiger partial charge in [0.15, 0.2) is 5.78 Å². The van der Waals surface area contributed by atoms with Crippen molar-refractivity contribution in [3.63, 3.8) is 0 Å². The Bertz CT molecular complexity index is 596. The van der Waals surface area contributed by atoms with Crippen LogP contribution < -0.4 is 21.7 Å². The Balaban J connectivity index is 0.000000194. The van der Waals surface area contributed by atoms with Gasteiger partial charge in [-0.3, -0.25) is 14.4 Å². The van der Waals surface area contributed by atoms with E-state index in [0.29, 0.717) is 12.2 Å². The minimum Gasteiger partial charge on any atom is -0.397 e. The molecule has 1 fully saturated rings. The fourth-order valence-corrected chi connectivity index (χ4v) is 1.81. The quantitative estimate of drug-likeness (QED) is 0.443. The summed E-state index contributed by atoms with van der Waals surface area (Å²) in [5, 5.41) is 8.15. The first-order chi connectivity index (χ1) is 10.0. The number of nitrogens with one attached hydrogen (secondary N) is 3. The molecule has 1 aromatic carbocycles. The minimum atomic E-state index is -0.148. The molecule has 0 unspecified atom stereocenters. The zero-order chi connectivity index (χ0) is 15.2. The summed E-state index contributed by atoms with van der Waals surface area (Å²) in [7, 11) is 0. The molecule has 0 atom stereocenters. The minimum absolute atomic E-state index is 0.00926. The predicted molar refractivity (Wildman–Crippen MR) is 78.2 cm³/mol. The highest BCUT2D eigenvalue weighted by atomic mass is 16.2. The molecule has 21 heavy (non-hydrogen) atoms. The Labute approximate surface area is 121 Å². The summed E-state index contributed by atoms with van der Waals surface area (Å²) in [4.78, 5) is 31.2. The fraction of sp³-hybridized carbons (Fsp3) is 0.214. The van der Waals surface area contributed by atoms with Gasteiger partial charge in [-0.2, -0.15) is 0 Å². The topological polar surface area (TPSA) is 113 Å². The molecule has 2 heterocycles. The molecular formula is C14H16N4O3. The van der Waals surface area contributed by atoms with Gasteiger partial charge in [0.05, 0.1) is 30.9 Å². The second-order valence-electron chi connectivity index (χ2n) is 4.59. The van der Waals surface area contributed by atoms with E-state index in [9.17, 15) is 14.4 Å².